The summed E-state index contributed by atoms with van der Waals surface area (Å²) in [5, 5.41) is 7.71. The first-order valence-electron chi connectivity index (χ1n) is 9.13. The van der Waals surface area contributed by atoms with Crippen molar-refractivity contribution in [2.45, 2.75) is 39.8 Å². The van der Waals surface area contributed by atoms with Gasteiger partial charge in [-0.15, -0.1) is 0 Å². The van der Waals surface area contributed by atoms with Crippen molar-refractivity contribution in [3.05, 3.63) is 58.4 Å². The first kappa shape index (κ1) is 19.0. The van der Waals surface area contributed by atoms with Gasteiger partial charge < -0.3 is 14.7 Å². The SMILES string of the molecule is Cc1noc2nc(C(C)C)cc(C(=O)NCc3ccccc3CN(C)C)c12. The van der Waals surface area contributed by atoms with E-state index in [9.17, 15) is 4.79 Å². The normalized spacial score (nSPS) is 11.5. The van der Waals surface area contributed by atoms with Gasteiger partial charge >= 0.3 is 0 Å². The smallest absolute Gasteiger partial charge is 0.259 e. The van der Waals surface area contributed by atoms with Crippen LogP contribution in [0.5, 0.6) is 0 Å². The Morgan fingerprint density at radius 1 is 1.22 bits per heavy atom. The number of fused-ring (bicyclic) bond motifs is 1. The van der Waals surface area contributed by atoms with Gasteiger partial charge in [0.2, 0.25) is 0 Å². The summed E-state index contributed by atoms with van der Waals surface area (Å²) in [6, 6.07) is 10.00. The summed E-state index contributed by atoms with van der Waals surface area (Å²) in [5.41, 5.74) is 4.77. The Balaban J connectivity index is 1.88. The van der Waals surface area contributed by atoms with E-state index in [1.165, 1.54) is 5.56 Å². The van der Waals surface area contributed by atoms with Crippen LogP contribution < -0.4 is 5.32 Å². The molecule has 2 aromatic heterocycles. The van der Waals surface area contributed by atoms with Crippen LogP contribution in [0.25, 0.3) is 11.1 Å². The topological polar surface area (TPSA) is 71.3 Å². The van der Waals surface area contributed by atoms with E-state index in [-0.39, 0.29) is 11.8 Å². The van der Waals surface area contributed by atoms with Gasteiger partial charge in [0.05, 0.1) is 16.6 Å². The van der Waals surface area contributed by atoms with Crippen molar-refractivity contribution in [3.63, 3.8) is 0 Å². The molecule has 0 aliphatic rings. The maximum atomic E-state index is 13.0. The van der Waals surface area contributed by atoms with Crippen LogP contribution in [-0.4, -0.2) is 35.0 Å². The lowest BCUT2D eigenvalue weighted by molar-refractivity contribution is 0.0952. The predicted octanol–water partition coefficient (Wildman–Crippen LogP) is 3.65. The van der Waals surface area contributed by atoms with Crippen LogP contribution in [0.4, 0.5) is 0 Å². The molecule has 0 unspecified atom stereocenters. The molecular formula is C21H26N4O2. The first-order valence-corrected chi connectivity index (χ1v) is 9.13. The van der Waals surface area contributed by atoms with Crippen LogP contribution in [0.1, 0.15) is 52.6 Å². The number of pyridine rings is 1. The molecule has 0 spiro atoms. The Bertz CT molecular complexity index is 960. The third-order valence-electron chi connectivity index (χ3n) is 4.52. The largest absolute Gasteiger partial charge is 0.348 e. The van der Waals surface area contributed by atoms with E-state index in [2.05, 4.69) is 26.4 Å². The van der Waals surface area contributed by atoms with Crippen LogP contribution in [0.15, 0.2) is 34.9 Å². The lowest BCUT2D eigenvalue weighted by Gasteiger charge is -2.15. The summed E-state index contributed by atoms with van der Waals surface area (Å²) in [5.74, 6) is 0.0439. The standard InChI is InChI=1S/C21H26N4O2/c1-13(2)18-10-17(19-14(3)24-27-21(19)23-18)20(26)22-11-15-8-6-7-9-16(15)12-25(4)5/h6-10,13H,11-12H2,1-5H3,(H,22,26). The van der Waals surface area contributed by atoms with E-state index >= 15 is 0 Å². The number of amides is 1. The third-order valence-corrected chi connectivity index (χ3v) is 4.52. The van der Waals surface area contributed by atoms with Crippen molar-refractivity contribution >= 4 is 17.0 Å². The van der Waals surface area contributed by atoms with Crippen molar-refractivity contribution < 1.29 is 9.32 Å². The molecule has 142 valence electrons. The molecule has 0 radical (unpaired) electrons. The fourth-order valence-electron chi connectivity index (χ4n) is 3.08. The molecule has 0 aliphatic heterocycles. The van der Waals surface area contributed by atoms with E-state index in [0.29, 0.717) is 28.9 Å². The number of hydrogen-bond donors (Lipinski definition) is 1. The second-order valence-electron chi connectivity index (χ2n) is 7.39. The molecule has 0 saturated heterocycles. The summed E-state index contributed by atoms with van der Waals surface area (Å²) in [6.45, 7) is 7.20. The maximum absolute atomic E-state index is 13.0. The number of aromatic nitrogens is 2. The lowest BCUT2D eigenvalue weighted by Crippen LogP contribution is -2.24. The summed E-state index contributed by atoms with van der Waals surface area (Å²) in [4.78, 5) is 19.6. The first-order chi connectivity index (χ1) is 12.9. The van der Waals surface area contributed by atoms with Gasteiger partial charge in [0, 0.05) is 18.8 Å². The second-order valence-corrected chi connectivity index (χ2v) is 7.39. The Morgan fingerprint density at radius 3 is 2.59 bits per heavy atom. The van der Waals surface area contributed by atoms with E-state index < -0.39 is 0 Å². The number of aryl methyl sites for hydroxylation is 1. The van der Waals surface area contributed by atoms with Crippen LogP contribution in [-0.2, 0) is 13.1 Å². The van der Waals surface area contributed by atoms with E-state index in [1.54, 1.807) is 0 Å². The van der Waals surface area contributed by atoms with Crippen molar-refractivity contribution in [1.82, 2.24) is 20.4 Å². The van der Waals surface area contributed by atoms with E-state index in [4.69, 9.17) is 4.52 Å². The van der Waals surface area contributed by atoms with Gasteiger partial charge in [-0.25, -0.2) is 4.98 Å². The van der Waals surface area contributed by atoms with Crippen molar-refractivity contribution in [2.24, 2.45) is 0 Å². The zero-order valence-electron chi connectivity index (χ0n) is 16.5. The molecule has 6 heteroatoms. The van der Waals surface area contributed by atoms with Gasteiger partial charge in [0.25, 0.3) is 11.6 Å². The Hall–Kier alpha value is -2.73. The molecular weight excluding hydrogens is 340 g/mol. The number of rotatable bonds is 6. The monoisotopic (exact) mass is 366 g/mol. The third kappa shape index (κ3) is 4.17. The summed E-state index contributed by atoms with van der Waals surface area (Å²) in [6.07, 6.45) is 0. The molecule has 1 aromatic carbocycles. The Labute approximate surface area is 159 Å². The Morgan fingerprint density at radius 2 is 1.93 bits per heavy atom. The van der Waals surface area contributed by atoms with E-state index in [1.807, 2.05) is 59.1 Å². The minimum absolute atomic E-state index is 0.143. The van der Waals surface area contributed by atoms with Gasteiger partial charge in [-0.1, -0.05) is 43.3 Å². The average molecular weight is 366 g/mol. The van der Waals surface area contributed by atoms with Crippen molar-refractivity contribution in [3.8, 4) is 0 Å². The molecule has 0 bridgehead atoms. The van der Waals surface area contributed by atoms with Crippen molar-refractivity contribution in [2.75, 3.05) is 14.1 Å². The number of carbonyl (C=O) groups is 1. The molecule has 27 heavy (non-hydrogen) atoms. The van der Waals surface area contributed by atoms with E-state index in [0.717, 1.165) is 17.8 Å². The lowest BCUT2D eigenvalue weighted by atomic mass is 10.0. The van der Waals surface area contributed by atoms with Gasteiger partial charge in [0.1, 0.15) is 0 Å². The highest BCUT2D eigenvalue weighted by atomic mass is 16.5. The molecule has 0 aliphatic carbocycles. The van der Waals surface area contributed by atoms with Crippen LogP contribution in [0.3, 0.4) is 0 Å². The molecule has 0 saturated carbocycles. The minimum atomic E-state index is -0.143. The zero-order valence-corrected chi connectivity index (χ0v) is 16.5. The average Bonchev–Trinajstić information content (AvgIpc) is 3.00. The molecule has 6 nitrogen and oxygen atoms in total. The molecule has 0 atom stereocenters. The number of nitrogens with zero attached hydrogens (tertiary/aromatic N) is 3. The highest BCUT2D eigenvalue weighted by Crippen LogP contribution is 2.25. The van der Waals surface area contributed by atoms with Gasteiger partial charge in [-0.05, 0) is 44.1 Å². The molecule has 2 heterocycles. The fraction of sp³-hybridized carbons (Fsp3) is 0.381. The van der Waals surface area contributed by atoms with Crippen LogP contribution >= 0.6 is 0 Å². The molecule has 3 aromatic rings. The highest BCUT2D eigenvalue weighted by molar-refractivity contribution is 6.06. The maximum Gasteiger partial charge on any atom is 0.259 e. The highest BCUT2D eigenvalue weighted by Gasteiger charge is 2.19. The van der Waals surface area contributed by atoms with Gasteiger partial charge in [-0.3, -0.25) is 4.79 Å². The van der Waals surface area contributed by atoms with Gasteiger partial charge in [-0.2, -0.15) is 0 Å². The predicted molar refractivity (Wildman–Crippen MR) is 106 cm³/mol. The summed E-state index contributed by atoms with van der Waals surface area (Å²) >= 11 is 0. The zero-order chi connectivity index (χ0) is 19.6. The number of benzene rings is 1. The number of hydrogen-bond acceptors (Lipinski definition) is 5. The Kier molecular flexibility index (Phi) is 5.56. The van der Waals surface area contributed by atoms with Crippen molar-refractivity contribution in [1.29, 1.82) is 0 Å². The quantitative estimate of drug-likeness (QED) is 0.721. The summed E-state index contributed by atoms with van der Waals surface area (Å²) < 4.78 is 5.31. The summed E-state index contributed by atoms with van der Waals surface area (Å²) in [7, 11) is 4.07. The number of carbonyl (C=O) groups excluding carboxylic acids is 1. The van der Waals surface area contributed by atoms with Crippen LogP contribution in [0, 0.1) is 6.92 Å². The minimum Gasteiger partial charge on any atom is -0.348 e. The number of nitrogens with one attached hydrogen (secondary N) is 1. The molecule has 0 fully saturated rings. The van der Waals surface area contributed by atoms with Gasteiger partial charge in [0.15, 0.2) is 0 Å². The molecule has 1 N–H and O–H groups in total. The molecule has 3 rings (SSSR count). The fourth-order valence-corrected chi connectivity index (χ4v) is 3.08. The van der Waals surface area contributed by atoms with Crippen LogP contribution in [0.2, 0.25) is 0 Å². The molecule has 1 amide bonds. The second kappa shape index (κ2) is 7.88.